The Labute approximate surface area is 104 Å². The highest BCUT2D eigenvalue weighted by atomic mass is 35.5. The number of halogens is 1. The van der Waals surface area contributed by atoms with Gasteiger partial charge in [-0.3, -0.25) is 4.79 Å². The minimum absolute atomic E-state index is 0.163. The highest BCUT2D eigenvalue weighted by Crippen LogP contribution is 2.17. The van der Waals surface area contributed by atoms with Crippen LogP contribution < -0.4 is 5.32 Å². The summed E-state index contributed by atoms with van der Waals surface area (Å²) in [5, 5.41) is 13.1. The molecule has 0 bridgehead atoms. The van der Waals surface area contributed by atoms with Crippen LogP contribution in [0.4, 0.5) is 0 Å². The lowest BCUT2D eigenvalue weighted by Crippen LogP contribution is -2.43. The Kier molecular flexibility index (Phi) is 3.61. The predicted molar refractivity (Wildman–Crippen MR) is 62.0 cm³/mol. The van der Waals surface area contributed by atoms with Gasteiger partial charge in [-0.1, -0.05) is 11.6 Å². The summed E-state index contributed by atoms with van der Waals surface area (Å²) in [6.07, 6.45) is 1.94. The summed E-state index contributed by atoms with van der Waals surface area (Å²) in [4.78, 5) is 15.6. The van der Waals surface area contributed by atoms with Gasteiger partial charge in [0.05, 0.1) is 11.6 Å². The van der Waals surface area contributed by atoms with Gasteiger partial charge < -0.3 is 15.2 Å². The Bertz CT molecular complexity index is 402. The first-order valence-electron chi connectivity index (χ1n) is 5.29. The molecule has 1 fully saturated rings. The maximum atomic E-state index is 11.7. The molecule has 0 aliphatic carbocycles. The molecule has 1 aromatic rings. The van der Waals surface area contributed by atoms with Crippen LogP contribution in [0.2, 0.25) is 5.02 Å². The Morgan fingerprint density at radius 3 is 3.06 bits per heavy atom. The van der Waals surface area contributed by atoms with E-state index in [4.69, 9.17) is 16.3 Å². The molecule has 92 valence electrons. The zero-order valence-corrected chi connectivity index (χ0v) is 9.91. The average molecular weight is 257 g/mol. The van der Waals surface area contributed by atoms with Gasteiger partial charge in [0.1, 0.15) is 11.3 Å². The molecule has 0 radical (unpaired) electrons. The van der Waals surface area contributed by atoms with Crippen LogP contribution in [0.15, 0.2) is 18.3 Å². The Balaban J connectivity index is 1.91. The number of aromatic nitrogens is 1. The summed E-state index contributed by atoms with van der Waals surface area (Å²) < 4.78 is 5.08. The highest BCUT2D eigenvalue weighted by molar-refractivity contribution is 6.30. The van der Waals surface area contributed by atoms with Crippen molar-refractivity contribution in [2.75, 3.05) is 19.8 Å². The maximum absolute atomic E-state index is 11.7. The fourth-order valence-electron chi connectivity index (χ4n) is 1.58. The summed E-state index contributed by atoms with van der Waals surface area (Å²) in [5.74, 6) is -0.331. The van der Waals surface area contributed by atoms with Crippen molar-refractivity contribution in [1.29, 1.82) is 0 Å². The van der Waals surface area contributed by atoms with Crippen molar-refractivity contribution < 1.29 is 14.6 Å². The lowest BCUT2D eigenvalue weighted by Gasteiger charge is -2.20. The Hall–Kier alpha value is -1.17. The molecule has 0 spiro atoms. The number of nitrogens with one attached hydrogen (secondary N) is 1. The van der Waals surface area contributed by atoms with Gasteiger partial charge in [0.25, 0.3) is 5.91 Å². The summed E-state index contributed by atoms with van der Waals surface area (Å²) >= 11 is 5.67. The summed E-state index contributed by atoms with van der Waals surface area (Å²) in [6, 6.07) is 3.13. The van der Waals surface area contributed by atoms with E-state index >= 15 is 0 Å². The van der Waals surface area contributed by atoms with Crippen molar-refractivity contribution in [3.05, 3.63) is 29.0 Å². The van der Waals surface area contributed by atoms with Crippen LogP contribution in [0.3, 0.4) is 0 Å². The molecule has 1 saturated heterocycles. The van der Waals surface area contributed by atoms with Gasteiger partial charge in [-0.2, -0.15) is 0 Å². The normalized spacial score (nSPS) is 23.6. The number of nitrogens with zero attached hydrogens (tertiary/aromatic N) is 1. The predicted octanol–water partition coefficient (Wildman–Crippen LogP) is 0.616. The molecule has 1 aliphatic heterocycles. The Morgan fingerprint density at radius 2 is 2.47 bits per heavy atom. The molecule has 1 unspecified atom stereocenters. The molecule has 2 heterocycles. The number of ether oxygens (including phenoxy) is 1. The number of hydrogen-bond donors (Lipinski definition) is 2. The van der Waals surface area contributed by atoms with Gasteiger partial charge in [-0.15, -0.1) is 0 Å². The third kappa shape index (κ3) is 3.15. The minimum Gasteiger partial charge on any atom is -0.386 e. The van der Waals surface area contributed by atoms with Crippen LogP contribution in [0.25, 0.3) is 0 Å². The van der Waals surface area contributed by atoms with E-state index in [1.807, 2.05) is 0 Å². The quantitative estimate of drug-likeness (QED) is 0.832. The van der Waals surface area contributed by atoms with E-state index in [1.54, 1.807) is 6.07 Å². The molecule has 1 amide bonds. The van der Waals surface area contributed by atoms with Gasteiger partial charge in [0.15, 0.2) is 0 Å². The molecule has 1 atom stereocenters. The molecule has 1 aromatic heterocycles. The van der Waals surface area contributed by atoms with Crippen molar-refractivity contribution in [3.8, 4) is 0 Å². The first-order chi connectivity index (χ1) is 8.09. The zero-order chi connectivity index (χ0) is 12.3. The highest BCUT2D eigenvalue weighted by Gasteiger charge is 2.32. The van der Waals surface area contributed by atoms with Crippen LogP contribution in [-0.2, 0) is 4.74 Å². The van der Waals surface area contributed by atoms with E-state index in [-0.39, 0.29) is 24.8 Å². The lowest BCUT2D eigenvalue weighted by atomic mass is 10.0. The van der Waals surface area contributed by atoms with Gasteiger partial charge in [0, 0.05) is 25.8 Å². The van der Waals surface area contributed by atoms with Crippen molar-refractivity contribution in [2.24, 2.45) is 0 Å². The molecule has 0 saturated carbocycles. The number of carbonyl (C=O) groups is 1. The van der Waals surface area contributed by atoms with Gasteiger partial charge in [0.2, 0.25) is 0 Å². The second kappa shape index (κ2) is 5.00. The number of carbonyl (C=O) groups excluding carboxylic acids is 1. The van der Waals surface area contributed by atoms with E-state index in [1.165, 1.54) is 12.3 Å². The second-order valence-electron chi connectivity index (χ2n) is 4.07. The molecule has 5 nitrogen and oxygen atoms in total. The largest absolute Gasteiger partial charge is 0.386 e. The van der Waals surface area contributed by atoms with E-state index in [9.17, 15) is 9.90 Å². The van der Waals surface area contributed by atoms with Crippen LogP contribution in [0.5, 0.6) is 0 Å². The molecule has 0 aromatic carbocycles. The molecule has 17 heavy (non-hydrogen) atoms. The number of hydrogen-bond acceptors (Lipinski definition) is 4. The smallest absolute Gasteiger partial charge is 0.269 e. The van der Waals surface area contributed by atoms with E-state index < -0.39 is 5.60 Å². The number of rotatable bonds is 3. The van der Waals surface area contributed by atoms with Crippen molar-refractivity contribution in [3.63, 3.8) is 0 Å². The monoisotopic (exact) mass is 256 g/mol. The van der Waals surface area contributed by atoms with Gasteiger partial charge in [-0.25, -0.2) is 4.98 Å². The van der Waals surface area contributed by atoms with E-state index in [2.05, 4.69) is 10.3 Å². The summed E-state index contributed by atoms with van der Waals surface area (Å²) in [7, 11) is 0. The Morgan fingerprint density at radius 1 is 1.65 bits per heavy atom. The van der Waals surface area contributed by atoms with Gasteiger partial charge in [-0.05, 0) is 12.1 Å². The molecule has 2 rings (SSSR count). The van der Waals surface area contributed by atoms with E-state index in [0.29, 0.717) is 18.1 Å². The molecular weight excluding hydrogens is 244 g/mol. The molecule has 1 aliphatic rings. The van der Waals surface area contributed by atoms with Crippen LogP contribution in [0, 0.1) is 0 Å². The summed E-state index contributed by atoms with van der Waals surface area (Å²) in [6.45, 7) is 0.934. The first kappa shape index (κ1) is 12.3. The minimum atomic E-state index is -0.956. The fourth-order valence-corrected chi connectivity index (χ4v) is 1.69. The third-order valence-electron chi connectivity index (χ3n) is 2.62. The van der Waals surface area contributed by atoms with Crippen LogP contribution in [0.1, 0.15) is 16.9 Å². The maximum Gasteiger partial charge on any atom is 0.269 e. The lowest BCUT2D eigenvalue weighted by molar-refractivity contribution is 0.0264. The summed E-state index contributed by atoms with van der Waals surface area (Å²) in [5.41, 5.74) is -0.681. The molecule has 2 N–H and O–H groups in total. The van der Waals surface area contributed by atoms with E-state index in [0.717, 1.165) is 0 Å². The molecule has 6 heteroatoms. The molecular formula is C11H13ClN2O3. The third-order valence-corrected chi connectivity index (χ3v) is 2.84. The SMILES string of the molecule is O=C(NCC1(O)CCOC1)c1ccc(Cl)cn1. The van der Waals surface area contributed by atoms with Crippen molar-refractivity contribution >= 4 is 17.5 Å². The van der Waals surface area contributed by atoms with Crippen molar-refractivity contribution in [2.45, 2.75) is 12.0 Å². The number of amides is 1. The van der Waals surface area contributed by atoms with Crippen LogP contribution in [-0.4, -0.2) is 41.4 Å². The first-order valence-corrected chi connectivity index (χ1v) is 5.67. The number of pyridine rings is 1. The topological polar surface area (TPSA) is 71.5 Å². The van der Waals surface area contributed by atoms with Crippen LogP contribution >= 0.6 is 11.6 Å². The second-order valence-corrected chi connectivity index (χ2v) is 4.51. The number of aliphatic hydroxyl groups is 1. The van der Waals surface area contributed by atoms with Crippen molar-refractivity contribution in [1.82, 2.24) is 10.3 Å². The average Bonchev–Trinajstić information content (AvgIpc) is 2.75. The standard InChI is InChI=1S/C11H13ClN2O3/c12-8-1-2-9(13-5-8)10(15)14-6-11(16)3-4-17-7-11/h1-2,5,16H,3-4,6-7H2,(H,14,15). The van der Waals surface area contributed by atoms with Gasteiger partial charge >= 0.3 is 0 Å². The zero-order valence-electron chi connectivity index (χ0n) is 9.15. The fraction of sp³-hybridized carbons (Fsp3) is 0.455.